The van der Waals surface area contributed by atoms with Crippen LogP contribution in [0.15, 0.2) is 35.2 Å². The van der Waals surface area contributed by atoms with Gasteiger partial charge in [0.25, 0.3) is 0 Å². The van der Waals surface area contributed by atoms with E-state index in [9.17, 15) is 18.0 Å². The lowest BCUT2D eigenvalue weighted by Crippen LogP contribution is -2.55. The molecule has 244 valence electrons. The molecule has 2 aromatic heterocycles. The summed E-state index contributed by atoms with van der Waals surface area (Å²) in [6.45, 7) is 3.24. The molecular formula is C29H39N7O7S2. The second-order valence-corrected chi connectivity index (χ2v) is 14.1. The van der Waals surface area contributed by atoms with E-state index in [1.807, 2.05) is 0 Å². The minimum absolute atomic E-state index is 0.0735. The van der Waals surface area contributed by atoms with Crippen LogP contribution in [0.3, 0.4) is 0 Å². The van der Waals surface area contributed by atoms with E-state index in [0.29, 0.717) is 52.1 Å². The number of sulfonamides is 1. The molecule has 2 unspecified atom stereocenters. The molecule has 2 aliphatic rings. The number of nitrogens with zero attached hydrogens (tertiary/aromatic N) is 6. The van der Waals surface area contributed by atoms with Gasteiger partial charge in [-0.05, 0) is 43.3 Å². The van der Waals surface area contributed by atoms with Crippen LogP contribution in [0.5, 0.6) is 5.88 Å². The van der Waals surface area contributed by atoms with Crippen molar-refractivity contribution in [1.29, 1.82) is 0 Å². The fourth-order valence-electron chi connectivity index (χ4n) is 5.92. The molecule has 1 saturated heterocycles. The van der Waals surface area contributed by atoms with Gasteiger partial charge in [-0.1, -0.05) is 11.3 Å². The Morgan fingerprint density at radius 1 is 1.13 bits per heavy atom. The van der Waals surface area contributed by atoms with Gasteiger partial charge in [-0.25, -0.2) is 23.2 Å². The molecule has 1 spiro atoms. The van der Waals surface area contributed by atoms with Crippen molar-refractivity contribution in [3.63, 3.8) is 0 Å². The van der Waals surface area contributed by atoms with Gasteiger partial charge in [0.15, 0.2) is 5.13 Å². The minimum Gasteiger partial charge on any atom is -0.481 e. The van der Waals surface area contributed by atoms with Crippen molar-refractivity contribution < 1.29 is 32.2 Å². The number of likely N-dealkylation sites (N-methyl/N-ethyl adjacent to an activating group) is 2. The zero-order chi connectivity index (χ0) is 32.5. The third-order valence-corrected chi connectivity index (χ3v) is 11.3. The number of nitrogens with one attached hydrogen (secondary N) is 1. The lowest BCUT2D eigenvalue weighted by Gasteiger charge is -2.33. The number of ether oxygens (including phenoxy) is 3. The van der Waals surface area contributed by atoms with Crippen LogP contribution >= 0.6 is 11.3 Å². The quantitative estimate of drug-likeness (QED) is 0.303. The van der Waals surface area contributed by atoms with Crippen molar-refractivity contribution in [1.82, 2.24) is 24.5 Å². The van der Waals surface area contributed by atoms with Crippen molar-refractivity contribution in [2.75, 3.05) is 84.6 Å². The summed E-state index contributed by atoms with van der Waals surface area (Å²) in [4.78, 5) is 42.0. The normalized spacial score (nSPS) is 18.6. The maximum absolute atomic E-state index is 14.7. The van der Waals surface area contributed by atoms with Gasteiger partial charge in [0.1, 0.15) is 16.5 Å². The molecule has 4 heterocycles. The van der Waals surface area contributed by atoms with Gasteiger partial charge in [0.05, 0.1) is 25.2 Å². The summed E-state index contributed by atoms with van der Waals surface area (Å²) in [6.07, 6.45) is -0.0126. The van der Waals surface area contributed by atoms with Gasteiger partial charge in [-0.3, -0.25) is 19.9 Å². The third-order valence-electron chi connectivity index (χ3n) is 8.45. The van der Waals surface area contributed by atoms with E-state index < -0.39 is 21.6 Å². The van der Waals surface area contributed by atoms with Gasteiger partial charge in [0, 0.05) is 71.5 Å². The summed E-state index contributed by atoms with van der Waals surface area (Å²) in [5, 5.41) is 3.57. The fourth-order valence-corrected chi connectivity index (χ4v) is 8.07. The van der Waals surface area contributed by atoms with E-state index >= 15 is 0 Å². The lowest BCUT2D eigenvalue weighted by atomic mass is 9.81. The Kier molecular flexibility index (Phi) is 9.62. The first-order valence-electron chi connectivity index (χ1n) is 14.4. The first-order chi connectivity index (χ1) is 21.5. The number of likely N-dealkylation sites (tertiary alicyclic amines) is 1. The Balaban J connectivity index is 1.60. The summed E-state index contributed by atoms with van der Waals surface area (Å²) in [5.41, 5.74) is 1.25. The Hall–Kier alpha value is -3.41. The van der Waals surface area contributed by atoms with Crippen LogP contribution in [0.2, 0.25) is 0 Å². The zero-order valence-corrected chi connectivity index (χ0v) is 27.9. The van der Waals surface area contributed by atoms with Crippen LogP contribution in [0.25, 0.3) is 10.3 Å². The molecule has 0 saturated carbocycles. The highest BCUT2D eigenvalue weighted by Gasteiger charge is 2.51. The first-order valence-corrected chi connectivity index (χ1v) is 16.7. The Morgan fingerprint density at radius 3 is 2.56 bits per heavy atom. The highest BCUT2D eigenvalue weighted by molar-refractivity contribution is 7.89. The predicted molar refractivity (Wildman–Crippen MR) is 171 cm³/mol. The largest absolute Gasteiger partial charge is 0.481 e. The maximum Gasteiger partial charge on any atom is 0.332 e. The number of methoxy groups -OCH3 is 3. The summed E-state index contributed by atoms with van der Waals surface area (Å²) in [5.74, 6) is 0.360. The monoisotopic (exact) mass is 661 g/mol. The molecule has 45 heavy (non-hydrogen) atoms. The summed E-state index contributed by atoms with van der Waals surface area (Å²) < 4.78 is 44.1. The number of anilines is 2. The lowest BCUT2D eigenvalue weighted by molar-refractivity contribution is -0.127. The number of amides is 3. The number of benzene rings is 1. The Morgan fingerprint density at radius 2 is 1.91 bits per heavy atom. The smallest absolute Gasteiger partial charge is 0.332 e. The van der Waals surface area contributed by atoms with Crippen molar-refractivity contribution in [2.45, 2.75) is 29.8 Å². The van der Waals surface area contributed by atoms with Gasteiger partial charge >= 0.3 is 6.03 Å². The summed E-state index contributed by atoms with van der Waals surface area (Å²) in [6, 6.07) is 8.00. The number of hydrogen-bond donors (Lipinski definition) is 1. The SMILES string of the molecule is CNC(COC)N(C(=O)N1CC2(CCN(C(C)=O)C2)c2cc(S(=O)(=O)N(C)CCOC)ccc21)c1nc2ccc(OC)nc2s1. The number of fused-ring (bicyclic) bond motifs is 3. The average molecular weight is 662 g/mol. The fraction of sp³-hybridized carbons (Fsp3) is 0.517. The molecule has 2 atom stereocenters. The van der Waals surface area contributed by atoms with E-state index in [4.69, 9.17) is 19.2 Å². The van der Waals surface area contributed by atoms with E-state index in [-0.39, 0.29) is 43.1 Å². The number of hydrogen-bond acceptors (Lipinski definition) is 11. The van der Waals surface area contributed by atoms with Crippen LogP contribution in [0.4, 0.5) is 15.6 Å². The third kappa shape index (κ3) is 6.09. The summed E-state index contributed by atoms with van der Waals surface area (Å²) >= 11 is 1.25. The Labute approximate surface area is 266 Å². The molecule has 14 nitrogen and oxygen atoms in total. The molecule has 0 bridgehead atoms. The molecule has 5 rings (SSSR count). The van der Waals surface area contributed by atoms with Gasteiger partial charge in [0.2, 0.25) is 21.8 Å². The van der Waals surface area contributed by atoms with E-state index in [1.165, 1.54) is 49.9 Å². The number of aromatic nitrogens is 2. The Bertz CT molecular complexity index is 1680. The van der Waals surface area contributed by atoms with Crippen molar-refractivity contribution in [3.8, 4) is 5.88 Å². The second-order valence-electron chi connectivity index (χ2n) is 11.1. The number of thiazole rings is 1. The van der Waals surface area contributed by atoms with Gasteiger partial charge < -0.3 is 19.1 Å². The average Bonchev–Trinajstić information content (AvgIpc) is 3.74. The van der Waals surface area contributed by atoms with E-state index in [0.717, 1.165) is 0 Å². The van der Waals surface area contributed by atoms with Crippen LogP contribution < -0.4 is 19.9 Å². The number of rotatable bonds is 11. The molecule has 3 aromatic rings. The second kappa shape index (κ2) is 13.1. The number of pyridine rings is 1. The van der Waals surface area contributed by atoms with Gasteiger partial charge in [-0.2, -0.15) is 4.31 Å². The molecule has 2 aliphatic heterocycles. The molecule has 1 N–H and O–H groups in total. The number of urea groups is 1. The maximum atomic E-state index is 14.7. The molecule has 1 aromatic carbocycles. The molecular weight excluding hydrogens is 622 g/mol. The minimum atomic E-state index is -3.84. The first kappa shape index (κ1) is 33.0. The molecule has 0 aliphatic carbocycles. The number of carbonyl (C=O) groups is 2. The van der Waals surface area contributed by atoms with Gasteiger partial charge in [-0.15, -0.1) is 0 Å². The van der Waals surface area contributed by atoms with E-state index in [2.05, 4.69) is 10.3 Å². The van der Waals surface area contributed by atoms with Crippen molar-refractivity contribution in [2.24, 2.45) is 0 Å². The highest BCUT2D eigenvalue weighted by atomic mass is 32.2. The van der Waals surface area contributed by atoms with Crippen LogP contribution in [-0.4, -0.2) is 121 Å². The predicted octanol–water partition coefficient (Wildman–Crippen LogP) is 2.10. The van der Waals surface area contributed by atoms with Crippen LogP contribution in [-0.2, 0) is 29.7 Å². The number of carbonyl (C=O) groups excluding carboxylic acids is 2. The topological polar surface area (TPSA) is 147 Å². The van der Waals surface area contributed by atoms with Crippen LogP contribution in [0, 0.1) is 0 Å². The zero-order valence-electron chi connectivity index (χ0n) is 26.3. The van der Waals surface area contributed by atoms with Crippen LogP contribution in [0.1, 0.15) is 18.9 Å². The molecule has 0 radical (unpaired) electrons. The molecule has 3 amide bonds. The standard InChI is InChI=1S/C29H39N7O7S2/c1-19(37)34-12-11-29(17-34)18-35(23-9-7-20(15-21(23)29)45(39,40)33(3)13-14-41-4)28(38)36(24(30-2)16-42-5)27-31-22-8-10-25(43-6)32-26(22)44-27/h7-10,15,24,30H,11-14,16-18H2,1-6H3. The highest BCUT2D eigenvalue weighted by Crippen LogP contribution is 2.48. The molecule has 1 fully saturated rings. The van der Waals surface area contributed by atoms with E-state index in [1.54, 1.807) is 53.1 Å². The van der Waals surface area contributed by atoms with Crippen molar-refractivity contribution in [3.05, 3.63) is 35.9 Å². The summed E-state index contributed by atoms with van der Waals surface area (Å²) in [7, 11) is 4.00. The van der Waals surface area contributed by atoms with Crippen molar-refractivity contribution >= 4 is 54.5 Å². The molecule has 16 heteroatoms.